The van der Waals surface area contributed by atoms with Crippen molar-refractivity contribution >= 4 is 60.8 Å². The molecule has 4 nitrogen and oxygen atoms in total. The summed E-state index contributed by atoms with van der Waals surface area (Å²) < 4.78 is 6.99. The first-order valence-electron chi connectivity index (χ1n) is 6.39. The summed E-state index contributed by atoms with van der Waals surface area (Å²) in [7, 11) is 0. The van der Waals surface area contributed by atoms with Gasteiger partial charge in [-0.05, 0) is 67.4 Å². The zero-order valence-electron chi connectivity index (χ0n) is 11.8. The number of imide groups is 1. The van der Waals surface area contributed by atoms with Crippen LogP contribution in [0.4, 0.5) is 4.79 Å². The molecule has 0 radical (unpaired) electrons. The molecule has 2 rings (SSSR count). The summed E-state index contributed by atoms with van der Waals surface area (Å²) in [5.41, 5.74) is 0.751. The fourth-order valence-electron chi connectivity index (χ4n) is 1.82. The molecule has 23 heavy (non-hydrogen) atoms. The number of carbonyl (C=O) groups is 2. The van der Waals surface area contributed by atoms with E-state index in [2.05, 4.69) is 44.4 Å². The molecule has 2 amide bonds. The molecule has 1 aromatic carbocycles. The molecule has 0 N–H and O–H groups in total. The fraction of sp³-hybridized carbons (Fsp3) is 0.125. The van der Waals surface area contributed by atoms with E-state index < -0.39 is 0 Å². The molecule has 7 heteroatoms. The van der Waals surface area contributed by atoms with Crippen LogP contribution in [0.15, 0.2) is 38.6 Å². The first-order chi connectivity index (χ1) is 11.0. The smallest absolute Gasteiger partial charge is 0.294 e. The van der Waals surface area contributed by atoms with Crippen LogP contribution in [0.25, 0.3) is 6.08 Å². The molecule has 0 aromatic heterocycles. The summed E-state index contributed by atoms with van der Waals surface area (Å²) in [6.45, 7) is 3.96. The van der Waals surface area contributed by atoms with Gasteiger partial charge in [-0.3, -0.25) is 14.5 Å². The van der Waals surface area contributed by atoms with Gasteiger partial charge in [-0.2, -0.15) is 0 Å². The van der Waals surface area contributed by atoms with Crippen molar-refractivity contribution in [2.45, 2.75) is 0 Å². The van der Waals surface area contributed by atoms with E-state index in [9.17, 15) is 9.59 Å². The summed E-state index contributed by atoms with van der Waals surface area (Å²) in [6, 6.07) is 3.61. The van der Waals surface area contributed by atoms with Crippen LogP contribution in [0.1, 0.15) is 5.56 Å². The van der Waals surface area contributed by atoms with Gasteiger partial charge < -0.3 is 4.74 Å². The summed E-state index contributed by atoms with van der Waals surface area (Å²) >= 11 is 7.73. The van der Waals surface area contributed by atoms with Crippen LogP contribution in [0.5, 0.6) is 5.75 Å². The Kier molecular flexibility index (Phi) is 6.10. The van der Waals surface area contributed by atoms with Crippen LogP contribution < -0.4 is 4.74 Å². The van der Waals surface area contributed by atoms with Crippen molar-refractivity contribution in [3.8, 4) is 18.1 Å². The van der Waals surface area contributed by atoms with Gasteiger partial charge in [-0.15, -0.1) is 6.42 Å². The molecule has 118 valence electrons. The molecule has 1 saturated heterocycles. The van der Waals surface area contributed by atoms with E-state index in [4.69, 9.17) is 11.2 Å². The minimum absolute atomic E-state index is 0.0241. The van der Waals surface area contributed by atoms with E-state index in [0.29, 0.717) is 17.3 Å². The normalized spacial score (nSPS) is 15.9. The lowest BCUT2D eigenvalue weighted by molar-refractivity contribution is -0.122. The first kappa shape index (κ1) is 17.9. The minimum atomic E-state index is -0.378. The van der Waals surface area contributed by atoms with E-state index >= 15 is 0 Å². The maximum Gasteiger partial charge on any atom is 0.294 e. The van der Waals surface area contributed by atoms with E-state index in [1.165, 1.54) is 0 Å². The highest BCUT2D eigenvalue weighted by molar-refractivity contribution is 9.11. The van der Waals surface area contributed by atoms with Crippen molar-refractivity contribution in [1.82, 2.24) is 4.90 Å². The Morgan fingerprint density at radius 2 is 2.00 bits per heavy atom. The highest BCUT2D eigenvalue weighted by atomic mass is 79.9. The number of nitrogens with zero attached hydrogens (tertiary/aromatic N) is 1. The lowest BCUT2D eigenvalue weighted by atomic mass is 10.2. The monoisotopic (exact) mass is 455 g/mol. The van der Waals surface area contributed by atoms with Crippen molar-refractivity contribution in [2.24, 2.45) is 0 Å². The molecule has 1 aliphatic rings. The Labute approximate surface area is 155 Å². The fourth-order valence-corrected chi connectivity index (χ4v) is 4.11. The number of terminal acetylenes is 1. The average molecular weight is 457 g/mol. The molecule has 1 fully saturated rings. The quantitative estimate of drug-likeness (QED) is 0.373. The minimum Gasteiger partial charge on any atom is -0.487 e. The third kappa shape index (κ3) is 4.08. The molecule has 0 saturated carbocycles. The molecule has 1 aliphatic heterocycles. The number of halogens is 2. The van der Waals surface area contributed by atoms with E-state index in [1.807, 2.05) is 0 Å². The van der Waals surface area contributed by atoms with Crippen molar-refractivity contribution in [3.63, 3.8) is 0 Å². The van der Waals surface area contributed by atoms with Gasteiger partial charge in [0.25, 0.3) is 11.1 Å². The Hall–Kier alpha value is -1.49. The van der Waals surface area contributed by atoms with Crippen LogP contribution in [0.2, 0.25) is 0 Å². The molecular weight excluding hydrogens is 446 g/mol. The lowest BCUT2D eigenvalue weighted by Crippen LogP contribution is -2.28. The maximum atomic E-state index is 12.1. The highest BCUT2D eigenvalue weighted by Gasteiger charge is 2.34. The molecule has 0 atom stereocenters. The number of hydrogen-bond donors (Lipinski definition) is 0. The second kappa shape index (κ2) is 7.86. The number of benzene rings is 1. The van der Waals surface area contributed by atoms with Gasteiger partial charge in [-0.25, -0.2) is 0 Å². The number of rotatable bonds is 5. The number of thioether (sulfide) groups is 1. The Balaban J connectivity index is 2.30. The molecule has 0 bridgehead atoms. The Bertz CT molecular complexity index is 729. The van der Waals surface area contributed by atoms with Crippen LogP contribution in [-0.4, -0.2) is 29.2 Å². The number of ether oxygens (including phenoxy) is 1. The molecule has 0 spiro atoms. The molecule has 0 aliphatic carbocycles. The second-order valence-electron chi connectivity index (χ2n) is 4.39. The van der Waals surface area contributed by atoms with Gasteiger partial charge in [0.1, 0.15) is 12.4 Å². The first-order valence-corrected chi connectivity index (χ1v) is 8.79. The van der Waals surface area contributed by atoms with Gasteiger partial charge in [0, 0.05) is 0 Å². The predicted octanol–water partition coefficient (Wildman–Crippen LogP) is 4.45. The van der Waals surface area contributed by atoms with E-state index in [1.54, 1.807) is 24.3 Å². The third-order valence-electron chi connectivity index (χ3n) is 2.79. The van der Waals surface area contributed by atoms with Crippen molar-refractivity contribution in [1.29, 1.82) is 0 Å². The van der Waals surface area contributed by atoms with Crippen molar-refractivity contribution < 1.29 is 14.3 Å². The predicted molar refractivity (Wildman–Crippen MR) is 99.0 cm³/mol. The third-order valence-corrected chi connectivity index (χ3v) is 4.87. The van der Waals surface area contributed by atoms with Gasteiger partial charge in [-0.1, -0.05) is 18.6 Å². The van der Waals surface area contributed by atoms with Gasteiger partial charge in [0.15, 0.2) is 0 Å². The average Bonchev–Trinajstić information content (AvgIpc) is 2.74. The summed E-state index contributed by atoms with van der Waals surface area (Å²) in [5, 5.41) is -0.358. The van der Waals surface area contributed by atoms with Crippen LogP contribution in [0.3, 0.4) is 0 Å². The Morgan fingerprint density at radius 1 is 1.35 bits per heavy atom. The van der Waals surface area contributed by atoms with Crippen molar-refractivity contribution in [2.75, 3.05) is 13.2 Å². The molecule has 1 aromatic rings. The van der Waals surface area contributed by atoms with Gasteiger partial charge in [0.05, 0.1) is 20.4 Å². The molecule has 1 heterocycles. The lowest BCUT2D eigenvalue weighted by Gasteiger charge is -2.10. The van der Waals surface area contributed by atoms with Crippen molar-refractivity contribution in [3.05, 3.63) is 44.2 Å². The van der Waals surface area contributed by atoms with Crippen LogP contribution in [-0.2, 0) is 4.79 Å². The maximum absolute atomic E-state index is 12.1. The zero-order chi connectivity index (χ0) is 17.0. The standard InChI is InChI=1S/C16H11Br2NO3S/c1-3-5-19-15(20)13(23-16(19)21)9-10-7-11(17)14(12(18)8-10)22-6-4-2/h1,4,7-9H,2,5-6H2/b13-9-. The van der Waals surface area contributed by atoms with E-state index in [0.717, 1.165) is 31.2 Å². The van der Waals surface area contributed by atoms with E-state index in [-0.39, 0.29) is 17.7 Å². The topological polar surface area (TPSA) is 46.6 Å². The van der Waals surface area contributed by atoms with Gasteiger partial charge in [0.2, 0.25) is 0 Å². The number of carbonyl (C=O) groups excluding carboxylic acids is 2. The summed E-state index contributed by atoms with van der Waals surface area (Å²) in [6.07, 6.45) is 8.46. The Morgan fingerprint density at radius 3 is 2.57 bits per heavy atom. The summed E-state index contributed by atoms with van der Waals surface area (Å²) in [4.78, 5) is 25.3. The zero-order valence-corrected chi connectivity index (χ0v) is 15.8. The number of amides is 2. The summed E-state index contributed by atoms with van der Waals surface area (Å²) in [5.74, 6) is 2.57. The van der Waals surface area contributed by atoms with Crippen LogP contribution >= 0.6 is 43.6 Å². The van der Waals surface area contributed by atoms with Crippen LogP contribution in [0, 0.1) is 12.3 Å². The molecule has 0 unspecified atom stereocenters. The largest absolute Gasteiger partial charge is 0.487 e. The highest BCUT2D eigenvalue weighted by Crippen LogP contribution is 2.37. The number of hydrogen-bond acceptors (Lipinski definition) is 4. The SMILES string of the molecule is C#CCN1C(=O)S/C(=C\c2cc(Br)c(OCC=C)c(Br)c2)C1=O. The second-order valence-corrected chi connectivity index (χ2v) is 7.09. The molecular formula is C16H11Br2NO3S. The van der Waals surface area contributed by atoms with Gasteiger partial charge >= 0.3 is 0 Å².